The number of likely N-dealkylation sites (tertiary alicyclic amines) is 1. The highest BCUT2D eigenvalue weighted by atomic mass is 32.2. The molecule has 0 aliphatic carbocycles. The van der Waals surface area contributed by atoms with E-state index in [9.17, 15) is 9.35 Å². The minimum atomic E-state index is -1.09. The number of amides is 1. The molecule has 2 saturated heterocycles. The van der Waals surface area contributed by atoms with Crippen molar-refractivity contribution in [3.8, 4) is 11.5 Å². The molecule has 0 spiro atoms. The Bertz CT molecular complexity index is 1210. The molecular formula is C24H29N7O3S. The number of aryl methyl sites for hydroxylation is 1. The van der Waals surface area contributed by atoms with Crippen molar-refractivity contribution in [2.24, 2.45) is 0 Å². The number of aromatic nitrogens is 4. The fourth-order valence-corrected chi connectivity index (χ4v) is 6.55. The van der Waals surface area contributed by atoms with Crippen molar-refractivity contribution in [3.63, 3.8) is 0 Å². The SMILES string of the molecule is CN1C[C@@H](Nc2nc(N3CCC(c4cc(-c5ccco5)n[nH]4)CC3)nc3c2[S+]([O-])CC3)CCC1=O. The zero-order valence-electron chi connectivity index (χ0n) is 19.7. The van der Waals surface area contributed by atoms with Gasteiger partial charge in [0.05, 0.1) is 6.26 Å². The predicted octanol–water partition coefficient (Wildman–Crippen LogP) is 2.54. The molecule has 0 bridgehead atoms. The molecule has 0 saturated carbocycles. The average Bonchev–Trinajstić information content (AvgIpc) is 3.63. The van der Waals surface area contributed by atoms with Crippen molar-refractivity contribution in [2.45, 2.75) is 49.0 Å². The Morgan fingerprint density at radius 1 is 1.23 bits per heavy atom. The van der Waals surface area contributed by atoms with Gasteiger partial charge in [0.2, 0.25) is 16.8 Å². The number of carbonyl (C=O) groups excluding carboxylic acids is 1. The van der Waals surface area contributed by atoms with E-state index >= 15 is 0 Å². The summed E-state index contributed by atoms with van der Waals surface area (Å²) < 4.78 is 18.2. The summed E-state index contributed by atoms with van der Waals surface area (Å²) in [5.74, 6) is 3.28. The number of aromatic amines is 1. The van der Waals surface area contributed by atoms with Crippen molar-refractivity contribution in [1.29, 1.82) is 0 Å². The molecule has 1 amide bonds. The number of piperidine rings is 2. The Morgan fingerprint density at radius 2 is 2.09 bits per heavy atom. The van der Waals surface area contributed by atoms with Crippen molar-refractivity contribution < 1.29 is 13.8 Å². The van der Waals surface area contributed by atoms with E-state index in [1.807, 2.05) is 19.2 Å². The van der Waals surface area contributed by atoms with Crippen LogP contribution in [0.15, 0.2) is 33.8 Å². The van der Waals surface area contributed by atoms with Crippen LogP contribution in [0.2, 0.25) is 0 Å². The summed E-state index contributed by atoms with van der Waals surface area (Å²) in [6.07, 6.45) is 5.55. The van der Waals surface area contributed by atoms with Gasteiger partial charge in [-0.3, -0.25) is 9.89 Å². The third-order valence-electron chi connectivity index (χ3n) is 7.23. The molecule has 2 fully saturated rings. The normalized spacial score (nSPS) is 23.1. The summed E-state index contributed by atoms with van der Waals surface area (Å²) in [5, 5.41) is 11.1. The van der Waals surface area contributed by atoms with Gasteiger partial charge in [-0.15, -0.1) is 0 Å². The number of hydrogen-bond acceptors (Lipinski definition) is 8. The first kappa shape index (κ1) is 22.4. The molecule has 35 heavy (non-hydrogen) atoms. The lowest BCUT2D eigenvalue weighted by Crippen LogP contribution is -2.43. The Hall–Kier alpha value is -3.05. The molecule has 1 unspecified atom stereocenters. The van der Waals surface area contributed by atoms with Gasteiger partial charge < -0.3 is 24.1 Å². The Kier molecular flexibility index (Phi) is 5.89. The number of fused-ring (bicyclic) bond motifs is 1. The summed E-state index contributed by atoms with van der Waals surface area (Å²) >= 11 is -1.09. The van der Waals surface area contributed by atoms with Gasteiger partial charge in [-0.05, 0) is 48.6 Å². The van der Waals surface area contributed by atoms with Crippen LogP contribution in [-0.2, 0) is 22.4 Å². The Morgan fingerprint density at radius 3 is 2.86 bits per heavy atom. The van der Waals surface area contributed by atoms with Crippen LogP contribution in [0.4, 0.5) is 11.8 Å². The van der Waals surface area contributed by atoms with Gasteiger partial charge in [-0.25, -0.2) is 4.98 Å². The first-order valence-corrected chi connectivity index (χ1v) is 13.5. The third-order valence-corrected chi connectivity index (χ3v) is 8.69. The summed E-state index contributed by atoms with van der Waals surface area (Å²) in [5.41, 5.74) is 2.84. The zero-order chi connectivity index (χ0) is 23.9. The van der Waals surface area contributed by atoms with E-state index in [-0.39, 0.29) is 11.9 Å². The summed E-state index contributed by atoms with van der Waals surface area (Å²) in [6.45, 7) is 2.29. The number of hydrogen-bond donors (Lipinski definition) is 2. The van der Waals surface area contributed by atoms with E-state index in [2.05, 4.69) is 26.5 Å². The van der Waals surface area contributed by atoms with Crippen LogP contribution in [0.3, 0.4) is 0 Å². The van der Waals surface area contributed by atoms with Gasteiger partial charge in [0.25, 0.3) is 0 Å². The van der Waals surface area contributed by atoms with E-state index in [0.29, 0.717) is 42.8 Å². The fraction of sp³-hybridized carbons (Fsp3) is 0.500. The van der Waals surface area contributed by atoms with E-state index in [1.54, 1.807) is 11.2 Å². The lowest BCUT2D eigenvalue weighted by Gasteiger charge is -2.33. The molecule has 3 aromatic rings. The molecule has 3 aromatic heterocycles. The topological polar surface area (TPSA) is 126 Å². The van der Waals surface area contributed by atoms with Crippen LogP contribution >= 0.6 is 0 Å². The van der Waals surface area contributed by atoms with Gasteiger partial charge >= 0.3 is 0 Å². The smallest absolute Gasteiger partial charge is 0.227 e. The molecule has 6 heterocycles. The van der Waals surface area contributed by atoms with Crippen molar-refractivity contribution >= 4 is 28.8 Å². The summed E-state index contributed by atoms with van der Waals surface area (Å²) in [4.78, 5) is 26.3. The van der Waals surface area contributed by atoms with Crippen LogP contribution < -0.4 is 10.2 Å². The highest BCUT2D eigenvalue weighted by Gasteiger charge is 2.35. The average molecular weight is 496 g/mol. The van der Waals surface area contributed by atoms with Crippen LogP contribution in [0, 0.1) is 0 Å². The molecular weight excluding hydrogens is 466 g/mol. The van der Waals surface area contributed by atoms with Gasteiger partial charge in [-0.2, -0.15) is 10.1 Å². The fourth-order valence-electron chi connectivity index (χ4n) is 5.23. The quantitative estimate of drug-likeness (QED) is 0.517. The molecule has 3 aliphatic rings. The molecule has 10 nitrogen and oxygen atoms in total. The van der Waals surface area contributed by atoms with E-state index in [4.69, 9.17) is 14.4 Å². The minimum absolute atomic E-state index is 0.0941. The molecule has 0 aromatic carbocycles. The minimum Gasteiger partial charge on any atom is -0.611 e. The Balaban J connectivity index is 1.17. The molecule has 3 aliphatic heterocycles. The maximum Gasteiger partial charge on any atom is 0.227 e. The first-order chi connectivity index (χ1) is 17.0. The number of anilines is 2. The number of nitrogens with one attached hydrogen (secondary N) is 2. The van der Waals surface area contributed by atoms with Crippen LogP contribution in [0.1, 0.15) is 43.0 Å². The largest absolute Gasteiger partial charge is 0.611 e. The van der Waals surface area contributed by atoms with Crippen molar-refractivity contribution in [2.75, 3.05) is 42.7 Å². The number of likely N-dealkylation sites (N-methyl/N-ethyl adjacent to an activating group) is 1. The van der Waals surface area contributed by atoms with E-state index in [0.717, 1.165) is 60.1 Å². The van der Waals surface area contributed by atoms with Gasteiger partial charge in [-0.1, -0.05) is 0 Å². The second-order valence-electron chi connectivity index (χ2n) is 9.55. The highest BCUT2D eigenvalue weighted by molar-refractivity contribution is 7.91. The highest BCUT2D eigenvalue weighted by Crippen LogP contribution is 2.35. The van der Waals surface area contributed by atoms with Crippen LogP contribution in [0.5, 0.6) is 0 Å². The lowest BCUT2D eigenvalue weighted by molar-refractivity contribution is -0.132. The number of furan rings is 1. The van der Waals surface area contributed by atoms with Gasteiger partial charge in [0, 0.05) is 57.2 Å². The number of carbonyl (C=O) groups is 1. The maximum absolute atomic E-state index is 12.7. The van der Waals surface area contributed by atoms with E-state index in [1.165, 1.54) is 0 Å². The molecule has 6 rings (SSSR count). The molecule has 2 atom stereocenters. The standard InChI is InChI=1S/C24H29N7O3S/c1-30-14-16(4-5-21(30)32)25-23-22-17(8-12-35(22)33)26-24(27-23)31-9-6-15(7-10-31)18-13-19(29-28-18)20-3-2-11-34-20/h2-3,11,13,15-16H,4-10,12,14H2,1H3,(H,28,29)(H,25,26,27)/t16-,35?/m0/s1. The number of nitrogens with zero attached hydrogens (tertiary/aromatic N) is 5. The third kappa shape index (κ3) is 4.38. The zero-order valence-corrected chi connectivity index (χ0v) is 20.5. The predicted molar refractivity (Wildman–Crippen MR) is 132 cm³/mol. The second kappa shape index (κ2) is 9.19. The monoisotopic (exact) mass is 495 g/mol. The van der Waals surface area contributed by atoms with Gasteiger partial charge in [0.1, 0.15) is 17.1 Å². The number of rotatable bonds is 5. The van der Waals surface area contributed by atoms with Crippen molar-refractivity contribution in [3.05, 3.63) is 35.9 Å². The van der Waals surface area contributed by atoms with Crippen LogP contribution in [-0.4, -0.2) is 74.0 Å². The molecule has 0 radical (unpaired) electrons. The Labute approximate surface area is 206 Å². The maximum atomic E-state index is 12.7. The molecule has 11 heteroatoms. The summed E-state index contributed by atoms with van der Waals surface area (Å²) in [6, 6.07) is 5.95. The van der Waals surface area contributed by atoms with E-state index < -0.39 is 11.2 Å². The summed E-state index contributed by atoms with van der Waals surface area (Å²) in [7, 11) is 1.82. The van der Waals surface area contributed by atoms with Crippen molar-refractivity contribution in [1.82, 2.24) is 25.1 Å². The van der Waals surface area contributed by atoms with Gasteiger partial charge in [0.15, 0.2) is 11.6 Å². The molecule has 184 valence electrons. The first-order valence-electron chi connectivity index (χ1n) is 12.2. The molecule has 2 N–H and O–H groups in total. The second-order valence-corrected chi connectivity index (χ2v) is 11.1. The lowest BCUT2D eigenvalue weighted by atomic mass is 9.93. The van der Waals surface area contributed by atoms with Crippen LogP contribution in [0.25, 0.3) is 11.5 Å². The number of H-pyrrole nitrogens is 1.